The van der Waals surface area contributed by atoms with Crippen molar-refractivity contribution in [2.24, 2.45) is 0 Å². The lowest BCUT2D eigenvalue weighted by atomic mass is 10.0. The van der Waals surface area contributed by atoms with Crippen molar-refractivity contribution >= 4 is 5.97 Å². The van der Waals surface area contributed by atoms with E-state index in [1.54, 1.807) is 13.0 Å². The Kier molecular flexibility index (Phi) is 5.21. The summed E-state index contributed by atoms with van der Waals surface area (Å²) in [6.45, 7) is 8.57. The monoisotopic (exact) mass is 298 g/mol. The molecule has 0 aromatic heterocycles. The Hall–Kier alpha value is -2.29. The summed E-state index contributed by atoms with van der Waals surface area (Å²) in [6, 6.07) is 11.7. The SMILES string of the molecule is CCOC(=O)c1cccc(C)c1COc1ccc(C)cc1C. The number of aryl methyl sites for hydroxylation is 3. The maximum atomic E-state index is 12.1. The van der Waals surface area contributed by atoms with Crippen LogP contribution in [0, 0.1) is 20.8 Å². The first-order valence-corrected chi connectivity index (χ1v) is 7.48. The van der Waals surface area contributed by atoms with Crippen LogP contribution in [-0.2, 0) is 11.3 Å². The zero-order valence-corrected chi connectivity index (χ0v) is 13.6. The van der Waals surface area contributed by atoms with Gasteiger partial charge in [0.2, 0.25) is 0 Å². The summed E-state index contributed by atoms with van der Waals surface area (Å²) in [5, 5.41) is 0. The number of carbonyl (C=O) groups excluding carboxylic acids is 1. The van der Waals surface area contributed by atoms with Crippen molar-refractivity contribution in [2.45, 2.75) is 34.3 Å². The van der Waals surface area contributed by atoms with E-state index in [0.717, 1.165) is 22.4 Å². The summed E-state index contributed by atoms with van der Waals surface area (Å²) < 4.78 is 11.0. The number of hydrogen-bond acceptors (Lipinski definition) is 3. The molecule has 2 aromatic rings. The molecule has 0 fully saturated rings. The molecule has 3 nitrogen and oxygen atoms in total. The topological polar surface area (TPSA) is 35.5 Å². The predicted octanol–water partition coefficient (Wildman–Crippen LogP) is 4.37. The van der Waals surface area contributed by atoms with Gasteiger partial charge in [0.25, 0.3) is 0 Å². The predicted molar refractivity (Wildman–Crippen MR) is 87.4 cm³/mol. The number of ether oxygens (including phenoxy) is 2. The molecule has 0 atom stereocenters. The van der Waals surface area contributed by atoms with Gasteiger partial charge in [-0.25, -0.2) is 4.79 Å². The van der Waals surface area contributed by atoms with Gasteiger partial charge < -0.3 is 9.47 Å². The third kappa shape index (κ3) is 3.67. The van der Waals surface area contributed by atoms with Gasteiger partial charge in [-0.3, -0.25) is 0 Å². The van der Waals surface area contributed by atoms with Crippen LogP contribution in [0.15, 0.2) is 36.4 Å². The molecule has 0 N–H and O–H groups in total. The molecule has 0 aliphatic carbocycles. The second kappa shape index (κ2) is 7.12. The van der Waals surface area contributed by atoms with Crippen molar-refractivity contribution in [3.05, 3.63) is 64.2 Å². The number of hydrogen-bond donors (Lipinski definition) is 0. The fourth-order valence-corrected chi connectivity index (χ4v) is 2.41. The molecule has 0 unspecified atom stereocenters. The normalized spacial score (nSPS) is 10.4. The molecule has 0 heterocycles. The molecule has 0 aliphatic heterocycles. The highest BCUT2D eigenvalue weighted by atomic mass is 16.5. The van der Waals surface area contributed by atoms with Crippen LogP contribution in [0.25, 0.3) is 0 Å². The molecule has 2 aromatic carbocycles. The Labute approximate surface area is 131 Å². The number of rotatable bonds is 5. The van der Waals surface area contributed by atoms with Gasteiger partial charge in [0.05, 0.1) is 12.2 Å². The van der Waals surface area contributed by atoms with E-state index in [9.17, 15) is 4.79 Å². The molecular weight excluding hydrogens is 276 g/mol. The Balaban J connectivity index is 2.23. The highest BCUT2D eigenvalue weighted by Gasteiger charge is 2.15. The van der Waals surface area contributed by atoms with Crippen molar-refractivity contribution in [2.75, 3.05) is 6.61 Å². The van der Waals surface area contributed by atoms with Crippen molar-refractivity contribution in [3.8, 4) is 5.75 Å². The Morgan fingerprint density at radius 1 is 1.05 bits per heavy atom. The fraction of sp³-hybridized carbons (Fsp3) is 0.316. The lowest BCUT2D eigenvalue weighted by Crippen LogP contribution is -2.11. The van der Waals surface area contributed by atoms with E-state index in [2.05, 4.69) is 13.0 Å². The summed E-state index contributed by atoms with van der Waals surface area (Å²) in [6.07, 6.45) is 0. The van der Waals surface area contributed by atoms with E-state index in [1.807, 2.05) is 38.1 Å². The molecule has 0 aliphatic rings. The molecular formula is C19H22O3. The third-order valence-corrected chi connectivity index (χ3v) is 3.61. The molecule has 0 radical (unpaired) electrons. The van der Waals surface area contributed by atoms with Crippen LogP contribution in [0.1, 0.15) is 39.5 Å². The van der Waals surface area contributed by atoms with Crippen molar-refractivity contribution in [1.82, 2.24) is 0 Å². The van der Waals surface area contributed by atoms with Crippen molar-refractivity contribution in [3.63, 3.8) is 0 Å². The highest BCUT2D eigenvalue weighted by Crippen LogP contribution is 2.22. The third-order valence-electron chi connectivity index (χ3n) is 3.61. The van der Waals surface area contributed by atoms with E-state index in [4.69, 9.17) is 9.47 Å². The smallest absolute Gasteiger partial charge is 0.338 e. The van der Waals surface area contributed by atoms with Gasteiger partial charge in [-0.05, 0) is 51.0 Å². The quantitative estimate of drug-likeness (QED) is 0.769. The standard InChI is InChI=1S/C19H22O3/c1-5-21-19(20)16-8-6-7-14(3)17(16)12-22-18-10-9-13(2)11-15(18)4/h6-11H,5,12H2,1-4H3. The molecule has 22 heavy (non-hydrogen) atoms. The van der Waals surface area contributed by atoms with Crippen molar-refractivity contribution < 1.29 is 14.3 Å². The summed E-state index contributed by atoms with van der Waals surface area (Å²) >= 11 is 0. The zero-order valence-electron chi connectivity index (χ0n) is 13.6. The van der Waals surface area contributed by atoms with Gasteiger partial charge in [-0.2, -0.15) is 0 Å². The Bertz CT molecular complexity index is 674. The molecule has 2 rings (SSSR count). The summed E-state index contributed by atoms with van der Waals surface area (Å²) in [5.41, 5.74) is 4.77. The van der Waals surface area contributed by atoms with E-state index in [0.29, 0.717) is 18.8 Å². The highest BCUT2D eigenvalue weighted by molar-refractivity contribution is 5.91. The lowest BCUT2D eigenvalue weighted by molar-refractivity contribution is 0.0523. The van der Waals surface area contributed by atoms with Gasteiger partial charge >= 0.3 is 5.97 Å². The molecule has 0 saturated carbocycles. The first kappa shape index (κ1) is 16.1. The zero-order chi connectivity index (χ0) is 16.1. The summed E-state index contributed by atoms with van der Waals surface area (Å²) in [5.74, 6) is 0.536. The van der Waals surface area contributed by atoms with Crippen LogP contribution in [0.2, 0.25) is 0 Å². The minimum absolute atomic E-state index is 0.301. The van der Waals surface area contributed by atoms with Gasteiger partial charge in [0, 0.05) is 5.56 Å². The fourth-order valence-electron chi connectivity index (χ4n) is 2.41. The maximum Gasteiger partial charge on any atom is 0.338 e. The summed E-state index contributed by atoms with van der Waals surface area (Å²) in [4.78, 5) is 12.1. The number of carbonyl (C=O) groups is 1. The second-order valence-electron chi connectivity index (χ2n) is 5.38. The Morgan fingerprint density at radius 3 is 2.50 bits per heavy atom. The lowest BCUT2D eigenvalue weighted by Gasteiger charge is -2.14. The van der Waals surface area contributed by atoms with E-state index >= 15 is 0 Å². The van der Waals surface area contributed by atoms with Crippen LogP contribution in [0.5, 0.6) is 5.75 Å². The Morgan fingerprint density at radius 2 is 1.82 bits per heavy atom. The molecule has 0 spiro atoms. The van der Waals surface area contributed by atoms with Crippen LogP contribution >= 0.6 is 0 Å². The van der Waals surface area contributed by atoms with Gasteiger partial charge in [-0.15, -0.1) is 0 Å². The molecule has 0 amide bonds. The average Bonchev–Trinajstić information content (AvgIpc) is 2.47. The second-order valence-corrected chi connectivity index (χ2v) is 5.38. The molecule has 116 valence electrons. The van der Waals surface area contributed by atoms with E-state index in [-0.39, 0.29) is 5.97 Å². The first-order chi connectivity index (χ1) is 10.5. The molecule has 0 bridgehead atoms. The van der Waals surface area contributed by atoms with E-state index < -0.39 is 0 Å². The largest absolute Gasteiger partial charge is 0.489 e. The van der Waals surface area contributed by atoms with Crippen LogP contribution in [0.4, 0.5) is 0 Å². The average molecular weight is 298 g/mol. The van der Waals surface area contributed by atoms with Gasteiger partial charge in [-0.1, -0.05) is 29.8 Å². The van der Waals surface area contributed by atoms with Crippen molar-refractivity contribution in [1.29, 1.82) is 0 Å². The minimum Gasteiger partial charge on any atom is -0.489 e. The van der Waals surface area contributed by atoms with Gasteiger partial charge in [0.15, 0.2) is 0 Å². The molecule has 0 saturated heterocycles. The molecule has 3 heteroatoms. The first-order valence-electron chi connectivity index (χ1n) is 7.48. The number of esters is 1. The van der Waals surface area contributed by atoms with Crippen LogP contribution < -0.4 is 4.74 Å². The van der Waals surface area contributed by atoms with Gasteiger partial charge in [0.1, 0.15) is 12.4 Å². The van der Waals surface area contributed by atoms with Crippen LogP contribution in [0.3, 0.4) is 0 Å². The number of benzene rings is 2. The van der Waals surface area contributed by atoms with Crippen LogP contribution in [-0.4, -0.2) is 12.6 Å². The maximum absolute atomic E-state index is 12.1. The van der Waals surface area contributed by atoms with E-state index in [1.165, 1.54) is 5.56 Å². The summed E-state index contributed by atoms with van der Waals surface area (Å²) in [7, 11) is 0. The minimum atomic E-state index is -0.301.